The molecule has 8 nitrogen and oxygen atoms in total. The zero-order valence-electron chi connectivity index (χ0n) is 22.0. The number of aryl methyl sites for hydroxylation is 1. The topological polar surface area (TPSA) is 104 Å². The summed E-state index contributed by atoms with van der Waals surface area (Å²) in [4.78, 5) is 30.1. The van der Waals surface area contributed by atoms with E-state index >= 15 is 0 Å². The predicted molar refractivity (Wildman–Crippen MR) is 135 cm³/mol. The SMILES string of the molecule is Cc1ncc(C(C)(CO)CNc2ccnc(C(F)(F)F)n2)c(C2CCN(C(=O)Cc3c(F)cccc3F)CC2)n1. The molecule has 0 radical (unpaired) electrons. The summed E-state index contributed by atoms with van der Waals surface area (Å²) in [6.45, 7) is 3.83. The molecule has 1 fully saturated rings. The van der Waals surface area contributed by atoms with Gasteiger partial charge in [-0.2, -0.15) is 13.2 Å². The quantitative estimate of drug-likeness (QED) is 0.396. The zero-order valence-corrected chi connectivity index (χ0v) is 22.0. The second kappa shape index (κ2) is 11.8. The average Bonchev–Trinajstić information content (AvgIpc) is 2.93. The van der Waals surface area contributed by atoms with Gasteiger partial charge in [0, 0.05) is 54.5 Å². The third-order valence-electron chi connectivity index (χ3n) is 7.13. The Balaban J connectivity index is 1.48. The number of carbonyl (C=O) groups excluding carboxylic acids is 1. The van der Waals surface area contributed by atoms with E-state index in [2.05, 4.69) is 25.3 Å². The summed E-state index contributed by atoms with van der Waals surface area (Å²) in [5.41, 5.74) is 0.0515. The first-order valence-corrected chi connectivity index (χ1v) is 12.7. The summed E-state index contributed by atoms with van der Waals surface area (Å²) in [6, 6.07) is 4.78. The monoisotopic (exact) mass is 564 g/mol. The molecule has 1 atom stereocenters. The van der Waals surface area contributed by atoms with Crippen LogP contribution in [0.4, 0.5) is 27.8 Å². The first-order chi connectivity index (χ1) is 18.9. The number of anilines is 1. The number of benzene rings is 1. The van der Waals surface area contributed by atoms with Crippen molar-refractivity contribution in [1.29, 1.82) is 0 Å². The van der Waals surface area contributed by atoms with Crippen LogP contribution in [0.3, 0.4) is 0 Å². The second-order valence-electron chi connectivity index (χ2n) is 10.1. The van der Waals surface area contributed by atoms with Crippen LogP contribution in [0.1, 0.15) is 54.2 Å². The van der Waals surface area contributed by atoms with Crippen LogP contribution in [0.25, 0.3) is 0 Å². The lowest BCUT2D eigenvalue weighted by Crippen LogP contribution is -2.41. The van der Waals surface area contributed by atoms with Crippen LogP contribution in [0.15, 0.2) is 36.7 Å². The summed E-state index contributed by atoms with van der Waals surface area (Å²) in [5.74, 6) is -2.83. The minimum Gasteiger partial charge on any atom is -0.395 e. The van der Waals surface area contributed by atoms with Crippen LogP contribution in [-0.2, 0) is 22.8 Å². The number of halogens is 5. The van der Waals surface area contributed by atoms with E-state index in [9.17, 15) is 31.9 Å². The molecular weight excluding hydrogens is 535 g/mol. The molecule has 1 saturated heterocycles. The number of hydrogen-bond donors (Lipinski definition) is 2. The number of nitrogens with one attached hydrogen (secondary N) is 1. The van der Waals surface area contributed by atoms with Crippen molar-refractivity contribution in [2.45, 2.75) is 50.6 Å². The summed E-state index contributed by atoms with van der Waals surface area (Å²) in [7, 11) is 0. The fraction of sp³-hybridized carbons (Fsp3) is 0.444. The molecule has 1 aromatic carbocycles. The van der Waals surface area contributed by atoms with Gasteiger partial charge >= 0.3 is 6.18 Å². The number of nitrogens with zero attached hydrogens (tertiary/aromatic N) is 5. The Morgan fingerprint density at radius 2 is 1.77 bits per heavy atom. The first kappa shape index (κ1) is 29.2. The largest absolute Gasteiger partial charge is 0.451 e. The van der Waals surface area contributed by atoms with Gasteiger partial charge in [0.15, 0.2) is 0 Å². The standard InChI is InChI=1S/C27H29F5N6O2/c1-16-34-13-19(26(2,15-39)14-35-22-6-9-33-25(37-22)27(30,31)32)24(36-16)17-7-10-38(11-8-17)23(40)12-18-20(28)4-3-5-21(18)29/h3-6,9,13,17,39H,7-8,10-12,14-15H2,1-2H3,(H,33,35,37). The van der Waals surface area contributed by atoms with Gasteiger partial charge in [-0.15, -0.1) is 0 Å². The molecule has 4 rings (SSSR count). The summed E-state index contributed by atoms with van der Waals surface area (Å²) >= 11 is 0. The maximum atomic E-state index is 14.0. The van der Waals surface area contributed by atoms with Crippen LogP contribution in [0, 0.1) is 18.6 Å². The normalized spacial score (nSPS) is 16.1. The van der Waals surface area contributed by atoms with E-state index in [1.165, 1.54) is 12.1 Å². The Hall–Kier alpha value is -3.74. The van der Waals surface area contributed by atoms with Crippen molar-refractivity contribution in [3.8, 4) is 0 Å². The van der Waals surface area contributed by atoms with E-state index in [1.807, 2.05) is 0 Å². The summed E-state index contributed by atoms with van der Waals surface area (Å²) < 4.78 is 67.1. The highest BCUT2D eigenvalue weighted by molar-refractivity contribution is 5.79. The number of aliphatic hydroxyl groups is 1. The van der Waals surface area contributed by atoms with E-state index in [0.717, 1.165) is 18.3 Å². The second-order valence-corrected chi connectivity index (χ2v) is 10.1. The van der Waals surface area contributed by atoms with Crippen LogP contribution in [-0.4, -0.2) is 62.1 Å². The molecule has 1 unspecified atom stereocenters. The molecule has 0 bridgehead atoms. The molecule has 1 aliphatic rings. The van der Waals surface area contributed by atoms with E-state index in [4.69, 9.17) is 0 Å². The maximum Gasteiger partial charge on any atom is 0.451 e. The third kappa shape index (κ3) is 6.52. The summed E-state index contributed by atoms with van der Waals surface area (Å²) in [5, 5.41) is 13.2. The van der Waals surface area contributed by atoms with Gasteiger partial charge in [0.05, 0.1) is 18.7 Å². The van der Waals surface area contributed by atoms with Crippen molar-refractivity contribution < 1.29 is 31.9 Å². The molecule has 13 heteroatoms. The minimum atomic E-state index is -4.70. The first-order valence-electron chi connectivity index (χ1n) is 12.7. The van der Waals surface area contributed by atoms with Crippen LogP contribution in [0.5, 0.6) is 0 Å². The Bertz CT molecular complexity index is 1340. The maximum absolute atomic E-state index is 14.0. The number of piperidine rings is 1. The lowest BCUT2D eigenvalue weighted by molar-refractivity contribution is -0.144. The number of amides is 1. The number of likely N-dealkylation sites (tertiary alicyclic amines) is 1. The number of carbonyl (C=O) groups is 1. The number of alkyl halides is 3. The van der Waals surface area contributed by atoms with E-state index in [-0.39, 0.29) is 42.8 Å². The predicted octanol–water partition coefficient (Wildman–Crippen LogP) is 4.18. The van der Waals surface area contributed by atoms with E-state index in [1.54, 1.807) is 24.9 Å². The molecule has 1 amide bonds. The summed E-state index contributed by atoms with van der Waals surface area (Å²) in [6.07, 6.45) is -1.43. The van der Waals surface area contributed by atoms with Crippen molar-refractivity contribution in [3.05, 3.63) is 76.8 Å². The Morgan fingerprint density at radius 1 is 1.10 bits per heavy atom. The van der Waals surface area contributed by atoms with Gasteiger partial charge in [-0.05, 0) is 38.0 Å². The van der Waals surface area contributed by atoms with E-state index in [0.29, 0.717) is 43.0 Å². The molecule has 1 aliphatic heterocycles. The number of aromatic nitrogens is 4. The molecular formula is C27H29F5N6O2. The van der Waals surface area contributed by atoms with Gasteiger partial charge in [0.2, 0.25) is 11.7 Å². The van der Waals surface area contributed by atoms with Gasteiger partial charge in [-0.25, -0.2) is 28.7 Å². The fourth-order valence-corrected chi connectivity index (χ4v) is 4.75. The average molecular weight is 565 g/mol. The lowest BCUT2D eigenvalue weighted by atomic mass is 9.78. The fourth-order valence-electron chi connectivity index (χ4n) is 4.75. The van der Waals surface area contributed by atoms with Gasteiger partial charge in [-0.1, -0.05) is 13.0 Å². The van der Waals surface area contributed by atoms with Crippen LogP contribution < -0.4 is 5.32 Å². The third-order valence-corrected chi connectivity index (χ3v) is 7.13. The molecule has 0 saturated carbocycles. The molecule has 0 spiro atoms. The Labute approximate surface area is 227 Å². The van der Waals surface area contributed by atoms with Gasteiger partial charge in [0.25, 0.3) is 0 Å². The van der Waals surface area contributed by atoms with Gasteiger partial charge in [0.1, 0.15) is 23.3 Å². The molecule has 2 aromatic heterocycles. The van der Waals surface area contributed by atoms with Crippen molar-refractivity contribution in [2.24, 2.45) is 0 Å². The number of aliphatic hydroxyl groups excluding tert-OH is 1. The Morgan fingerprint density at radius 3 is 2.40 bits per heavy atom. The van der Waals surface area contributed by atoms with Crippen molar-refractivity contribution in [2.75, 3.05) is 31.6 Å². The molecule has 214 valence electrons. The zero-order chi connectivity index (χ0) is 29.1. The number of rotatable bonds is 8. The number of hydrogen-bond acceptors (Lipinski definition) is 7. The highest BCUT2D eigenvalue weighted by Gasteiger charge is 2.36. The smallest absolute Gasteiger partial charge is 0.395 e. The minimum absolute atomic E-state index is 0.0305. The highest BCUT2D eigenvalue weighted by atomic mass is 19.4. The molecule has 2 N–H and O–H groups in total. The molecule has 0 aliphatic carbocycles. The van der Waals surface area contributed by atoms with Crippen LogP contribution >= 0.6 is 0 Å². The van der Waals surface area contributed by atoms with E-state index < -0.39 is 29.1 Å². The van der Waals surface area contributed by atoms with Crippen molar-refractivity contribution >= 4 is 11.7 Å². The van der Waals surface area contributed by atoms with Gasteiger partial charge < -0.3 is 15.3 Å². The lowest BCUT2D eigenvalue weighted by Gasteiger charge is -2.36. The van der Waals surface area contributed by atoms with Crippen molar-refractivity contribution in [3.63, 3.8) is 0 Å². The molecule has 3 heterocycles. The molecule has 3 aromatic rings. The van der Waals surface area contributed by atoms with Crippen LogP contribution in [0.2, 0.25) is 0 Å². The van der Waals surface area contributed by atoms with Crippen molar-refractivity contribution in [1.82, 2.24) is 24.8 Å². The molecule has 40 heavy (non-hydrogen) atoms. The highest BCUT2D eigenvalue weighted by Crippen LogP contribution is 2.35. The van der Waals surface area contributed by atoms with Gasteiger partial charge in [-0.3, -0.25) is 4.79 Å². The Kier molecular flexibility index (Phi) is 8.62.